The van der Waals surface area contributed by atoms with Gasteiger partial charge in [-0.25, -0.2) is 4.68 Å². The Morgan fingerprint density at radius 3 is 2.48 bits per heavy atom. The van der Waals surface area contributed by atoms with Crippen molar-refractivity contribution in [2.24, 2.45) is 5.41 Å². The van der Waals surface area contributed by atoms with Crippen LogP contribution in [0.1, 0.15) is 67.6 Å². The Morgan fingerprint density at radius 1 is 1.09 bits per heavy atom. The summed E-state index contributed by atoms with van der Waals surface area (Å²) >= 11 is 0. The Balaban J connectivity index is 1.50. The third-order valence-electron chi connectivity index (χ3n) is 8.31. The molecule has 1 aliphatic rings. The number of alkyl halides is 3. The lowest BCUT2D eigenvalue weighted by atomic mass is 9.92. The molecule has 1 atom stereocenters. The zero-order chi connectivity index (χ0) is 32.9. The van der Waals surface area contributed by atoms with Crippen LogP contribution in [0.25, 0.3) is 22.0 Å². The number of rotatable bonds is 8. The number of hydrogen-bond acceptors (Lipinski definition) is 8. The number of nitrogens with zero attached hydrogens (tertiary/aromatic N) is 7. The second-order valence-electron chi connectivity index (χ2n) is 12.8. The standard InChI is InChI=1S/C33H31F3N10/c1-19-24(22-15-41-42-16-22)6-5-7-25(19)30(27-17-46(45-44-27)32(8-9-32)33(34,35)36)43-23-10-20(12-37)28-26(11-23)29(21(13-38)14-39-28)40-18-31(2,3)4/h5-7,10-11,14-17,30,43H,8-9,18H2,1-4H3,(H,39,40)(H,41,42). The molecule has 0 amide bonds. The van der Waals surface area contributed by atoms with E-state index in [1.54, 1.807) is 24.5 Å². The summed E-state index contributed by atoms with van der Waals surface area (Å²) < 4.78 is 43.0. The molecule has 46 heavy (non-hydrogen) atoms. The summed E-state index contributed by atoms with van der Waals surface area (Å²) in [5.74, 6) is 0. The number of aromatic nitrogens is 6. The molecular weight excluding hydrogens is 593 g/mol. The molecular formula is C33H31F3N10. The van der Waals surface area contributed by atoms with E-state index in [0.717, 1.165) is 26.9 Å². The van der Waals surface area contributed by atoms with Gasteiger partial charge in [0.05, 0.1) is 40.8 Å². The van der Waals surface area contributed by atoms with Crippen molar-refractivity contribution in [3.05, 3.63) is 83.1 Å². The summed E-state index contributed by atoms with van der Waals surface area (Å²) in [6.07, 6.45) is 1.64. The van der Waals surface area contributed by atoms with Crippen LogP contribution in [0.2, 0.25) is 0 Å². The van der Waals surface area contributed by atoms with Crippen molar-refractivity contribution in [3.63, 3.8) is 0 Å². The SMILES string of the molecule is Cc1c(-c2cn[nH]c2)cccc1C(Nc1cc(C#N)c2ncc(C#N)c(NCC(C)(C)C)c2c1)c1cn(C2(C(F)(F)F)CC2)nn1. The summed E-state index contributed by atoms with van der Waals surface area (Å²) in [4.78, 5) is 4.43. The number of nitrogens with one attached hydrogen (secondary N) is 3. The van der Waals surface area contributed by atoms with Gasteiger partial charge < -0.3 is 10.6 Å². The van der Waals surface area contributed by atoms with Gasteiger partial charge in [0.15, 0.2) is 5.54 Å². The molecule has 6 rings (SSSR count). The van der Waals surface area contributed by atoms with E-state index >= 15 is 0 Å². The maximum atomic E-state index is 14.0. The average molecular weight is 625 g/mol. The first-order valence-corrected chi connectivity index (χ1v) is 14.7. The Kier molecular flexibility index (Phi) is 7.43. The maximum Gasteiger partial charge on any atom is 0.413 e. The van der Waals surface area contributed by atoms with Crippen molar-refractivity contribution in [3.8, 4) is 23.3 Å². The largest absolute Gasteiger partial charge is 0.413 e. The van der Waals surface area contributed by atoms with Crippen molar-refractivity contribution in [1.29, 1.82) is 10.5 Å². The Morgan fingerprint density at radius 2 is 1.85 bits per heavy atom. The number of H-pyrrole nitrogens is 1. The highest BCUT2D eigenvalue weighted by Gasteiger charge is 2.66. The predicted molar refractivity (Wildman–Crippen MR) is 167 cm³/mol. The molecule has 0 spiro atoms. The Labute approximate surface area is 263 Å². The molecule has 10 nitrogen and oxygen atoms in total. The second-order valence-corrected chi connectivity index (χ2v) is 12.8. The normalized spacial score (nSPS) is 14.8. The van der Waals surface area contributed by atoms with E-state index in [2.05, 4.69) is 69.0 Å². The van der Waals surface area contributed by atoms with Crippen LogP contribution in [0.15, 0.2) is 55.1 Å². The van der Waals surface area contributed by atoms with Crippen molar-refractivity contribution >= 4 is 22.3 Å². The lowest BCUT2D eigenvalue weighted by molar-refractivity contribution is -0.182. The quantitative estimate of drug-likeness (QED) is 0.168. The first-order chi connectivity index (χ1) is 21.8. The molecule has 0 radical (unpaired) electrons. The van der Waals surface area contributed by atoms with Gasteiger partial charge in [0.1, 0.15) is 17.8 Å². The lowest BCUT2D eigenvalue weighted by Crippen LogP contribution is -2.35. The molecule has 0 bridgehead atoms. The Hall–Kier alpha value is -5.43. The molecule has 1 unspecified atom stereocenters. The fraction of sp³-hybridized carbons (Fsp3) is 0.333. The van der Waals surface area contributed by atoms with Crippen LogP contribution in [0.5, 0.6) is 0 Å². The van der Waals surface area contributed by atoms with E-state index in [0.29, 0.717) is 34.4 Å². The van der Waals surface area contributed by atoms with Gasteiger partial charge in [-0.2, -0.15) is 28.8 Å². The number of halogens is 3. The minimum absolute atomic E-state index is 0.0683. The van der Waals surface area contributed by atoms with Crippen LogP contribution < -0.4 is 10.6 Å². The average Bonchev–Trinajstić information content (AvgIpc) is 3.41. The van der Waals surface area contributed by atoms with Crippen molar-refractivity contribution in [2.75, 3.05) is 17.2 Å². The summed E-state index contributed by atoms with van der Waals surface area (Å²) in [6.45, 7) is 8.66. The monoisotopic (exact) mass is 624 g/mol. The highest BCUT2D eigenvalue weighted by Crippen LogP contribution is 2.55. The smallest absolute Gasteiger partial charge is 0.383 e. The highest BCUT2D eigenvalue weighted by atomic mass is 19.4. The van der Waals surface area contributed by atoms with E-state index in [1.807, 2.05) is 25.1 Å². The first kappa shape index (κ1) is 30.6. The predicted octanol–water partition coefficient (Wildman–Crippen LogP) is 6.98. The van der Waals surface area contributed by atoms with E-state index in [-0.39, 0.29) is 29.5 Å². The number of pyridine rings is 1. The minimum atomic E-state index is -4.47. The number of aromatic amines is 1. The summed E-state index contributed by atoms with van der Waals surface area (Å²) in [7, 11) is 0. The van der Waals surface area contributed by atoms with E-state index < -0.39 is 17.8 Å². The molecule has 3 heterocycles. The second kappa shape index (κ2) is 11.2. The van der Waals surface area contributed by atoms with Crippen LogP contribution in [0.4, 0.5) is 24.5 Å². The summed E-state index contributed by atoms with van der Waals surface area (Å²) in [6, 6.07) is 12.7. The minimum Gasteiger partial charge on any atom is -0.383 e. The van der Waals surface area contributed by atoms with Crippen molar-refractivity contribution in [2.45, 2.75) is 58.3 Å². The number of nitriles is 2. The van der Waals surface area contributed by atoms with Gasteiger partial charge in [0.2, 0.25) is 0 Å². The number of hydrogen-bond donors (Lipinski definition) is 3. The molecule has 3 N–H and O–H groups in total. The summed E-state index contributed by atoms with van der Waals surface area (Å²) in [5.41, 5.74) is 3.47. The zero-order valence-electron chi connectivity index (χ0n) is 25.7. The molecule has 1 aliphatic carbocycles. The molecule has 5 aromatic rings. The molecule has 0 aliphatic heterocycles. The molecule has 0 saturated heterocycles. The molecule has 3 aromatic heterocycles. The van der Waals surface area contributed by atoms with Gasteiger partial charge in [0.25, 0.3) is 0 Å². The topological polar surface area (TPSA) is 144 Å². The maximum absolute atomic E-state index is 14.0. The van der Waals surface area contributed by atoms with Gasteiger partial charge in [0, 0.05) is 35.6 Å². The van der Waals surface area contributed by atoms with Crippen LogP contribution in [-0.2, 0) is 5.54 Å². The third-order valence-corrected chi connectivity index (χ3v) is 8.31. The fourth-order valence-electron chi connectivity index (χ4n) is 5.63. The molecule has 234 valence electrons. The van der Waals surface area contributed by atoms with Crippen LogP contribution in [-0.4, -0.2) is 42.9 Å². The van der Waals surface area contributed by atoms with E-state index in [9.17, 15) is 23.7 Å². The van der Waals surface area contributed by atoms with Crippen molar-refractivity contribution < 1.29 is 13.2 Å². The van der Waals surface area contributed by atoms with Crippen molar-refractivity contribution in [1.82, 2.24) is 30.2 Å². The van der Waals surface area contributed by atoms with Gasteiger partial charge in [-0.15, -0.1) is 5.10 Å². The fourth-order valence-corrected chi connectivity index (χ4v) is 5.63. The zero-order valence-corrected chi connectivity index (χ0v) is 25.7. The van der Waals surface area contributed by atoms with Gasteiger partial charge in [-0.1, -0.05) is 44.2 Å². The first-order valence-electron chi connectivity index (χ1n) is 14.7. The molecule has 1 fully saturated rings. The van der Waals surface area contributed by atoms with Gasteiger partial charge in [-0.05, 0) is 54.0 Å². The number of benzene rings is 2. The molecule has 1 saturated carbocycles. The molecule has 2 aromatic carbocycles. The van der Waals surface area contributed by atoms with Crippen LogP contribution in [0.3, 0.4) is 0 Å². The Bertz CT molecular complexity index is 2000. The highest BCUT2D eigenvalue weighted by molar-refractivity contribution is 5.99. The number of fused-ring (bicyclic) bond motifs is 1. The lowest BCUT2D eigenvalue weighted by Gasteiger charge is -2.24. The number of anilines is 2. The van der Waals surface area contributed by atoms with Gasteiger partial charge in [-0.3, -0.25) is 10.1 Å². The van der Waals surface area contributed by atoms with E-state index in [1.165, 1.54) is 12.4 Å². The molecule has 13 heteroatoms. The van der Waals surface area contributed by atoms with Gasteiger partial charge >= 0.3 is 6.18 Å². The van der Waals surface area contributed by atoms with Crippen LogP contribution in [0, 0.1) is 35.0 Å². The van der Waals surface area contributed by atoms with E-state index in [4.69, 9.17) is 0 Å². The van der Waals surface area contributed by atoms with Crippen LogP contribution >= 0.6 is 0 Å². The summed E-state index contributed by atoms with van der Waals surface area (Å²) in [5, 5.41) is 42.5. The third kappa shape index (κ3) is 5.49.